The van der Waals surface area contributed by atoms with E-state index in [4.69, 9.17) is 13.7 Å². The lowest BCUT2D eigenvalue weighted by Gasteiger charge is -2.21. The van der Waals surface area contributed by atoms with Crippen LogP contribution < -0.4 is 22.8 Å². The van der Waals surface area contributed by atoms with Crippen molar-refractivity contribution in [1.29, 1.82) is 0 Å². The van der Waals surface area contributed by atoms with Crippen LogP contribution in [0.2, 0.25) is 0 Å². The largest absolute Gasteiger partial charge is 0.295 e. The van der Waals surface area contributed by atoms with Crippen LogP contribution in [-0.4, -0.2) is 4.57 Å². The lowest BCUT2D eigenvalue weighted by atomic mass is 9.87. The van der Waals surface area contributed by atoms with Gasteiger partial charge in [-0.15, -0.1) is 0 Å². The van der Waals surface area contributed by atoms with Gasteiger partial charge in [0.2, 0.25) is 22.8 Å². The highest BCUT2D eigenvalue weighted by Gasteiger charge is 2.32. The van der Waals surface area contributed by atoms with Crippen molar-refractivity contribution >= 4 is 11.0 Å². The number of pyridine rings is 4. The van der Waals surface area contributed by atoms with E-state index < -0.39 is 26.4 Å². The van der Waals surface area contributed by atoms with Crippen LogP contribution in [-0.2, 0) is 60.8 Å². The maximum atomic E-state index is 8.36. The number of nitrogens with zero attached hydrogens (tertiary/aromatic N) is 6. The Kier molecular flexibility index (Phi) is 24.8. The van der Waals surface area contributed by atoms with Gasteiger partial charge in [-0.25, -0.2) is 22.8 Å². The standard InChI is InChI=1S/C30H37N2.4C18H24N/c1-19(2)23-17-25(20(3)4)29(26(18-23)21(5)6)32-28-16-12-11-15-27(28)31(8)30(32)24-14-10-9-13-22(24)7;2*1-13(2)10-16-7-9-18(19(5)12-16)17-8-6-14(3)11-15(17)4;2*1-13(2)10-16-12-19(5)18(11-15(16)4)17-9-7-6-8-14(17)3/h9-21H,1-8H3;4*6-9,11-13H,10H2,1-5H3/q5*+1/i;3D3,10D2;;4D3,10D2;. The van der Waals surface area contributed by atoms with E-state index in [0.29, 0.717) is 40.7 Å². The molecule has 7 aromatic carbocycles. The van der Waals surface area contributed by atoms with Crippen LogP contribution in [0.5, 0.6) is 0 Å². The number of hydrogen-bond acceptors (Lipinski definition) is 0. The summed E-state index contributed by atoms with van der Waals surface area (Å²) in [6.45, 7) is 40.6. The van der Waals surface area contributed by atoms with Gasteiger partial charge >= 0.3 is 0 Å². The third kappa shape index (κ3) is 21.5. The number of hydrogen-bond donors (Lipinski definition) is 0. The summed E-state index contributed by atoms with van der Waals surface area (Å²) in [5, 5.41) is 0. The Morgan fingerprint density at radius 2 is 0.778 bits per heavy atom. The van der Waals surface area contributed by atoms with Crippen LogP contribution in [0.4, 0.5) is 0 Å². The van der Waals surface area contributed by atoms with E-state index in [-0.39, 0.29) is 23.0 Å². The molecule has 6 nitrogen and oxygen atoms in total. The highest BCUT2D eigenvalue weighted by atomic mass is 15.2. The first kappa shape index (κ1) is 70.3. The number of fused-ring (bicyclic) bond motifs is 1. The zero-order chi connectivity index (χ0) is 87.7. The average Bonchev–Trinajstić information content (AvgIpc) is 1.54. The van der Waals surface area contributed by atoms with Crippen LogP contribution >= 0.6 is 0 Å². The molecule has 0 amide bonds. The van der Waals surface area contributed by atoms with Crippen molar-refractivity contribution in [2.45, 2.75) is 202 Å². The van der Waals surface area contributed by atoms with E-state index >= 15 is 0 Å². The van der Waals surface area contributed by atoms with Crippen molar-refractivity contribution < 1.29 is 36.5 Å². The van der Waals surface area contributed by atoms with Gasteiger partial charge in [0.15, 0.2) is 35.8 Å². The van der Waals surface area contributed by atoms with Crippen molar-refractivity contribution in [2.75, 3.05) is 0 Å². The Morgan fingerprint density at radius 3 is 1.24 bits per heavy atom. The summed E-state index contributed by atoms with van der Waals surface area (Å²) in [5.74, 6) is 3.55. The maximum Gasteiger partial charge on any atom is 0.295 e. The topological polar surface area (TPSA) is 24.3 Å². The monoisotopic (exact) mass is 1450 g/mol. The molecule has 108 heavy (non-hydrogen) atoms. The molecule has 0 aliphatic rings. The van der Waals surface area contributed by atoms with Crippen molar-refractivity contribution in [3.05, 3.63) is 296 Å². The highest BCUT2D eigenvalue weighted by Crippen LogP contribution is 2.40. The fourth-order valence-corrected chi connectivity index (χ4v) is 14.5. The smallest absolute Gasteiger partial charge is 0.225 e. The lowest BCUT2D eigenvalue weighted by Crippen LogP contribution is -2.32. The minimum Gasteiger partial charge on any atom is -0.225 e. The van der Waals surface area contributed by atoms with E-state index in [1.54, 1.807) is 38.2 Å². The molecule has 0 bridgehead atoms. The Bertz CT molecular complexity index is 5450. The van der Waals surface area contributed by atoms with Gasteiger partial charge in [0.25, 0.3) is 5.82 Å². The third-order valence-electron chi connectivity index (χ3n) is 20.1. The van der Waals surface area contributed by atoms with Crippen LogP contribution in [0.15, 0.2) is 207 Å². The van der Waals surface area contributed by atoms with E-state index in [0.717, 1.165) is 46.5 Å². The molecular weight excluding hydrogens is 1310 g/mol. The molecule has 0 radical (unpaired) electrons. The second-order valence-corrected chi connectivity index (χ2v) is 32.3. The van der Waals surface area contributed by atoms with Crippen LogP contribution in [0.3, 0.4) is 0 Å². The van der Waals surface area contributed by atoms with E-state index in [2.05, 4.69) is 277 Å². The maximum absolute atomic E-state index is 8.36. The zero-order valence-corrected chi connectivity index (χ0v) is 70.3. The summed E-state index contributed by atoms with van der Waals surface area (Å²) < 4.78 is 92.4. The average molecular weight is 1450 g/mol. The van der Waals surface area contributed by atoms with Crippen molar-refractivity contribution in [3.63, 3.8) is 0 Å². The molecule has 12 aromatic rings. The van der Waals surface area contributed by atoms with E-state index in [9.17, 15) is 0 Å². The molecule has 5 aromatic heterocycles. The summed E-state index contributed by atoms with van der Waals surface area (Å²) in [6, 6.07) is 62.8. The van der Waals surface area contributed by atoms with Gasteiger partial charge in [0, 0.05) is 93.6 Å². The molecular formula is C102H133N6+5. The molecule has 5 heterocycles. The molecule has 0 saturated heterocycles. The van der Waals surface area contributed by atoms with Gasteiger partial charge in [-0.2, -0.15) is 4.57 Å². The lowest BCUT2D eigenvalue weighted by molar-refractivity contribution is -0.661. The van der Waals surface area contributed by atoms with Crippen molar-refractivity contribution in [2.24, 2.45) is 58.9 Å². The predicted octanol–water partition coefficient (Wildman–Crippen LogP) is 23.8. The third-order valence-corrected chi connectivity index (χ3v) is 20.1. The Labute approximate surface area is 668 Å². The number of benzene rings is 7. The number of aromatic nitrogens is 6. The fourth-order valence-electron chi connectivity index (χ4n) is 14.5. The predicted molar refractivity (Wildman–Crippen MR) is 461 cm³/mol. The summed E-state index contributed by atoms with van der Waals surface area (Å²) in [7, 11) is 10.2. The van der Waals surface area contributed by atoms with Crippen molar-refractivity contribution in [1.82, 2.24) is 4.57 Å². The van der Waals surface area contributed by atoms with Gasteiger partial charge in [0.1, 0.15) is 33.9 Å². The first-order valence-corrected chi connectivity index (χ1v) is 39.2. The molecule has 0 spiro atoms. The van der Waals surface area contributed by atoms with Gasteiger partial charge in [-0.1, -0.05) is 211 Å². The molecule has 0 fully saturated rings. The number of rotatable bonds is 17. The second kappa shape index (κ2) is 38.1. The van der Waals surface area contributed by atoms with Crippen LogP contribution in [0, 0.1) is 85.8 Å². The highest BCUT2D eigenvalue weighted by molar-refractivity contribution is 5.81. The van der Waals surface area contributed by atoms with Gasteiger partial charge in [0.05, 0.1) is 12.6 Å². The molecule has 566 valence electrons. The quantitative estimate of drug-likeness (QED) is 0.0812. The van der Waals surface area contributed by atoms with E-state index in [1.165, 1.54) is 106 Å². The Balaban J connectivity index is 0.000000187. The van der Waals surface area contributed by atoms with Crippen LogP contribution in [0.25, 0.3) is 73.1 Å². The zero-order valence-electron chi connectivity index (χ0n) is 80.3. The minimum atomic E-state index is -2.37. The SMILES string of the molecule is Cc1cc(-c2ccccc2C)[n+](C)cc1CC(C)C.Cc1ccc(-c2ccc(CC(C)C)c[n+]2C)c(C)c1.Cc1ccccc1-c1n(-c2c(C(C)C)cc(C(C)C)cc2C(C)C)c2ccccc2[n+]1C.[2H]C([2H])([2H])c1cc(-c2ccccc2C)[n+](C)cc1C([2H])([2H])C(C)C.[2H]C([2H])([2H])c1ccc(-c2ccc(C([2H])([2H])C(C)C)c[n+]2C)c(C)c1. The molecule has 12 rings (SSSR count). The minimum absolute atomic E-state index is 0.0811. The van der Waals surface area contributed by atoms with Gasteiger partial charge in [-0.05, 0) is 228 Å². The number of para-hydroxylation sites is 2. The fraction of sp³-hybridized carbons (Fsp3) is 0.382. The van der Waals surface area contributed by atoms with E-state index in [1.807, 2.05) is 99.6 Å². The molecule has 0 aliphatic carbocycles. The first-order valence-electron chi connectivity index (χ1n) is 44.2. The second-order valence-electron chi connectivity index (χ2n) is 32.3. The van der Waals surface area contributed by atoms with Crippen LogP contribution in [0.1, 0.15) is 217 Å². The molecule has 6 heteroatoms. The Hall–Kier alpha value is -9.39. The normalized spacial score (nSPS) is 13.2. The van der Waals surface area contributed by atoms with Gasteiger partial charge < -0.3 is 0 Å². The Morgan fingerprint density at radius 1 is 0.343 bits per heavy atom. The first-order chi connectivity index (χ1) is 55.1. The summed E-state index contributed by atoms with van der Waals surface area (Å²) in [6.07, 6.45) is 7.17. The summed E-state index contributed by atoms with van der Waals surface area (Å²) in [4.78, 5) is 0. The molecule has 0 aliphatic heterocycles. The molecule has 0 atom stereocenters. The molecule has 0 unspecified atom stereocenters. The number of imidazole rings is 1. The summed E-state index contributed by atoms with van der Waals surface area (Å²) in [5.41, 5.74) is 31.0. The summed E-state index contributed by atoms with van der Waals surface area (Å²) >= 11 is 0. The number of aryl methyl sites for hydroxylation is 14. The van der Waals surface area contributed by atoms with Crippen molar-refractivity contribution in [3.8, 4) is 62.1 Å². The molecule has 0 saturated carbocycles. The molecule has 0 N–H and O–H groups in total. The van der Waals surface area contributed by atoms with Gasteiger partial charge in [-0.3, -0.25) is 0 Å².